The van der Waals surface area contributed by atoms with Crippen LogP contribution < -0.4 is 22.3 Å². The third-order valence-corrected chi connectivity index (χ3v) is 2.12. The molecule has 0 aliphatic carbocycles. The molecule has 0 aromatic carbocycles. The van der Waals surface area contributed by atoms with Crippen LogP contribution in [0.5, 0.6) is 0 Å². The minimum absolute atomic E-state index is 0.150. The van der Waals surface area contributed by atoms with Gasteiger partial charge in [0.15, 0.2) is 0 Å². The van der Waals surface area contributed by atoms with Crippen molar-refractivity contribution in [1.29, 1.82) is 0 Å². The van der Waals surface area contributed by atoms with Crippen molar-refractivity contribution in [2.24, 2.45) is 0 Å². The summed E-state index contributed by atoms with van der Waals surface area (Å²) in [5.41, 5.74) is 5.81. The van der Waals surface area contributed by atoms with Crippen molar-refractivity contribution in [2.75, 3.05) is 17.6 Å². The molecule has 0 saturated carbocycles. The topological polar surface area (TPSA) is 92.9 Å². The highest BCUT2D eigenvalue weighted by molar-refractivity contribution is 5.60. The van der Waals surface area contributed by atoms with Crippen molar-refractivity contribution in [3.8, 4) is 0 Å². The summed E-state index contributed by atoms with van der Waals surface area (Å²) in [6.45, 7) is 8.15. The zero-order valence-corrected chi connectivity index (χ0v) is 9.46. The molecular weight excluding hydrogens is 208 g/mol. The first kappa shape index (κ1) is 12.1. The van der Waals surface area contributed by atoms with Gasteiger partial charge in [-0.15, -0.1) is 0 Å². The van der Waals surface area contributed by atoms with E-state index in [1.165, 1.54) is 4.57 Å². The van der Waals surface area contributed by atoms with Gasteiger partial charge in [-0.2, -0.15) is 0 Å². The van der Waals surface area contributed by atoms with Crippen LogP contribution in [-0.4, -0.2) is 16.1 Å². The second-order valence-electron chi connectivity index (χ2n) is 3.57. The molecule has 1 rings (SSSR count). The first-order valence-corrected chi connectivity index (χ1v) is 4.98. The van der Waals surface area contributed by atoms with Crippen LogP contribution in [0.25, 0.3) is 0 Å². The molecule has 0 bridgehead atoms. The van der Waals surface area contributed by atoms with E-state index in [1.54, 1.807) is 6.92 Å². The van der Waals surface area contributed by atoms with Gasteiger partial charge in [0, 0.05) is 13.1 Å². The van der Waals surface area contributed by atoms with Crippen molar-refractivity contribution in [3.05, 3.63) is 33.0 Å². The summed E-state index contributed by atoms with van der Waals surface area (Å²) < 4.78 is 1.29. The molecule has 0 radical (unpaired) electrons. The maximum atomic E-state index is 11.5. The number of nitrogens with one attached hydrogen (secondary N) is 2. The van der Waals surface area contributed by atoms with E-state index < -0.39 is 11.2 Å². The molecule has 0 unspecified atom stereocenters. The summed E-state index contributed by atoms with van der Waals surface area (Å²) in [5, 5.41) is 2.85. The first-order chi connectivity index (χ1) is 7.47. The summed E-state index contributed by atoms with van der Waals surface area (Å²) in [4.78, 5) is 25.1. The highest BCUT2D eigenvalue weighted by atomic mass is 16.2. The van der Waals surface area contributed by atoms with Gasteiger partial charge in [0.1, 0.15) is 11.5 Å². The van der Waals surface area contributed by atoms with Crippen LogP contribution in [0.2, 0.25) is 0 Å². The van der Waals surface area contributed by atoms with Gasteiger partial charge in [-0.1, -0.05) is 12.2 Å². The molecule has 0 spiro atoms. The Morgan fingerprint density at radius 3 is 2.69 bits per heavy atom. The number of hydrogen-bond donors (Lipinski definition) is 3. The average Bonchev–Trinajstić information content (AvgIpc) is 2.16. The van der Waals surface area contributed by atoms with Crippen LogP contribution in [0.4, 0.5) is 11.5 Å². The molecule has 4 N–H and O–H groups in total. The molecule has 0 atom stereocenters. The Hall–Kier alpha value is -1.98. The number of nitrogens with two attached hydrogens (primary N) is 1. The number of nitrogen functional groups attached to an aromatic ring is 1. The summed E-state index contributed by atoms with van der Waals surface area (Å²) in [5.74, 6) is 0.150. The Balaban J connectivity index is 3.23. The van der Waals surface area contributed by atoms with Crippen molar-refractivity contribution in [2.45, 2.75) is 20.4 Å². The number of anilines is 2. The molecule has 1 aromatic heterocycles. The minimum Gasteiger partial charge on any atom is -0.383 e. The monoisotopic (exact) mass is 224 g/mol. The normalized spacial score (nSPS) is 10.1. The number of H-pyrrole nitrogens is 1. The summed E-state index contributed by atoms with van der Waals surface area (Å²) >= 11 is 0. The predicted octanol–water partition coefficient (Wildman–Crippen LogP) is 0.127. The maximum Gasteiger partial charge on any atom is 0.330 e. The zero-order chi connectivity index (χ0) is 12.3. The fourth-order valence-electron chi connectivity index (χ4n) is 1.31. The van der Waals surface area contributed by atoms with Crippen LogP contribution in [0, 0.1) is 0 Å². The second kappa shape index (κ2) is 4.69. The lowest BCUT2D eigenvalue weighted by Crippen LogP contribution is -2.33. The highest BCUT2D eigenvalue weighted by Gasteiger charge is 2.10. The fourth-order valence-corrected chi connectivity index (χ4v) is 1.31. The van der Waals surface area contributed by atoms with Gasteiger partial charge in [-0.3, -0.25) is 14.3 Å². The van der Waals surface area contributed by atoms with E-state index in [-0.39, 0.29) is 11.5 Å². The van der Waals surface area contributed by atoms with Crippen LogP contribution in [0.1, 0.15) is 13.8 Å². The third-order valence-electron chi connectivity index (χ3n) is 2.12. The lowest BCUT2D eigenvalue weighted by Gasteiger charge is -2.12. The van der Waals surface area contributed by atoms with Crippen LogP contribution in [0.15, 0.2) is 21.7 Å². The molecule has 1 heterocycles. The van der Waals surface area contributed by atoms with Gasteiger partial charge < -0.3 is 11.1 Å². The zero-order valence-electron chi connectivity index (χ0n) is 9.46. The molecular formula is C10H16N4O2. The Labute approximate surface area is 92.8 Å². The quantitative estimate of drug-likeness (QED) is 0.633. The van der Waals surface area contributed by atoms with E-state index in [9.17, 15) is 9.59 Å². The van der Waals surface area contributed by atoms with Gasteiger partial charge in [0.05, 0.1) is 0 Å². The molecule has 88 valence electrons. The second-order valence-corrected chi connectivity index (χ2v) is 3.57. The van der Waals surface area contributed by atoms with Crippen molar-refractivity contribution >= 4 is 11.5 Å². The molecule has 0 saturated heterocycles. The summed E-state index contributed by atoms with van der Waals surface area (Å²) in [6, 6.07) is 0. The molecule has 16 heavy (non-hydrogen) atoms. The smallest absolute Gasteiger partial charge is 0.330 e. The van der Waals surface area contributed by atoms with Gasteiger partial charge in [0.25, 0.3) is 5.56 Å². The molecule has 0 aliphatic heterocycles. The van der Waals surface area contributed by atoms with E-state index in [0.717, 1.165) is 5.57 Å². The Morgan fingerprint density at radius 1 is 1.56 bits per heavy atom. The van der Waals surface area contributed by atoms with E-state index in [2.05, 4.69) is 16.9 Å². The van der Waals surface area contributed by atoms with E-state index in [4.69, 9.17) is 5.73 Å². The van der Waals surface area contributed by atoms with Crippen LogP contribution >= 0.6 is 0 Å². The number of rotatable bonds is 4. The molecule has 0 fully saturated rings. The van der Waals surface area contributed by atoms with Crippen LogP contribution in [-0.2, 0) is 6.54 Å². The highest BCUT2D eigenvalue weighted by Crippen LogP contribution is 2.09. The predicted molar refractivity (Wildman–Crippen MR) is 64.7 cm³/mol. The number of aromatic amines is 1. The van der Waals surface area contributed by atoms with E-state index in [0.29, 0.717) is 13.1 Å². The number of hydrogen-bond acceptors (Lipinski definition) is 4. The van der Waals surface area contributed by atoms with Gasteiger partial charge in [-0.05, 0) is 13.8 Å². The Morgan fingerprint density at radius 2 is 2.19 bits per heavy atom. The number of aromatic nitrogens is 2. The van der Waals surface area contributed by atoms with E-state index >= 15 is 0 Å². The van der Waals surface area contributed by atoms with Crippen molar-refractivity contribution in [1.82, 2.24) is 9.55 Å². The van der Waals surface area contributed by atoms with Gasteiger partial charge in [0.2, 0.25) is 0 Å². The SMILES string of the molecule is C=C(C)CNc1c(N)n(CC)c(=O)[nH]c1=O. The van der Waals surface area contributed by atoms with E-state index in [1.807, 2.05) is 6.92 Å². The summed E-state index contributed by atoms with van der Waals surface area (Å²) in [6.07, 6.45) is 0. The Kier molecular flexibility index (Phi) is 3.55. The lowest BCUT2D eigenvalue weighted by molar-refractivity contribution is 0.706. The molecule has 0 amide bonds. The van der Waals surface area contributed by atoms with Crippen molar-refractivity contribution < 1.29 is 0 Å². The summed E-state index contributed by atoms with van der Waals surface area (Å²) in [7, 11) is 0. The number of nitrogens with zero attached hydrogens (tertiary/aromatic N) is 1. The van der Waals surface area contributed by atoms with Gasteiger partial charge >= 0.3 is 5.69 Å². The molecule has 6 nitrogen and oxygen atoms in total. The third kappa shape index (κ3) is 2.33. The minimum atomic E-state index is -0.506. The fraction of sp³-hybridized carbons (Fsp3) is 0.400. The van der Waals surface area contributed by atoms with Gasteiger partial charge in [-0.25, -0.2) is 4.79 Å². The lowest BCUT2D eigenvalue weighted by atomic mass is 10.3. The largest absolute Gasteiger partial charge is 0.383 e. The molecule has 1 aromatic rings. The maximum absolute atomic E-state index is 11.5. The first-order valence-electron chi connectivity index (χ1n) is 4.98. The molecule has 6 heteroatoms. The van der Waals surface area contributed by atoms with Crippen molar-refractivity contribution in [3.63, 3.8) is 0 Å². The molecule has 0 aliphatic rings. The average molecular weight is 224 g/mol. The van der Waals surface area contributed by atoms with Crippen LogP contribution in [0.3, 0.4) is 0 Å². The standard InChI is InChI=1S/C10H16N4O2/c1-4-14-8(11)7(12-5-6(2)3)9(15)13-10(14)16/h12H,2,4-5,11H2,1,3H3,(H,13,15,16). The Bertz CT molecular complexity index is 513.